The first-order valence-corrected chi connectivity index (χ1v) is 11.2. The van der Waals surface area contributed by atoms with Crippen LogP contribution >= 0.6 is 11.8 Å². The van der Waals surface area contributed by atoms with Gasteiger partial charge in [-0.1, -0.05) is 11.8 Å². The first kappa shape index (κ1) is 20.4. The van der Waals surface area contributed by atoms with Gasteiger partial charge in [-0.05, 0) is 44.2 Å². The molecule has 1 aliphatic rings. The van der Waals surface area contributed by atoms with Gasteiger partial charge in [-0.15, -0.1) is 10.2 Å². The molecule has 0 radical (unpaired) electrons. The SMILES string of the molecule is Cc1cc(C(=O)CSc2nnc(-c3ccco3)n2C)c(C)n1-c1ccc2c(c1)OCCO2. The molecule has 0 amide bonds. The maximum Gasteiger partial charge on any atom is 0.200 e. The van der Waals surface area contributed by atoms with E-state index in [1.165, 1.54) is 11.8 Å². The predicted molar refractivity (Wildman–Crippen MR) is 120 cm³/mol. The van der Waals surface area contributed by atoms with Gasteiger partial charge in [-0.25, -0.2) is 0 Å². The van der Waals surface area contributed by atoms with Gasteiger partial charge in [0, 0.05) is 35.8 Å². The fourth-order valence-corrected chi connectivity index (χ4v) is 4.68. The first-order valence-electron chi connectivity index (χ1n) is 10.2. The molecular weight excluding hydrogens is 428 g/mol. The van der Waals surface area contributed by atoms with Crippen molar-refractivity contribution in [2.45, 2.75) is 19.0 Å². The molecule has 4 aromatic rings. The number of nitrogens with zero attached hydrogens (tertiary/aromatic N) is 4. The Bertz CT molecular complexity index is 1290. The minimum Gasteiger partial charge on any atom is -0.486 e. The van der Waals surface area contributed by atoms with Gasteiger partial charge in [0.2, 0.25) is 0 Å². The highest BCUT2D eigenvalue weighted by molar-refractivity contribution is 7.99. The number of aryl methyl sites for hydroxylation is 1. The van der Waals surface area contributed by atoms with E-state index in [-0.39, 0.29) is 11.5 Å². The summed E-state index contributed by atoms with van der Waals surface area (Å²) in [6.07, 6.45) is 1.60. The smallest absolute Gasteiger partial charge is 0.200 e. The lowest BCUT2D eigenvalue weighted by molar-refractivity contribution is 0.102. The topological polar surface area (TPSA) is 84.3 Å². The molecule has 3 aromatic heterocycles. The molecule has 0 saturated carbocycles. The van der Waals surface area contributed by atoms with E-state index in [2.05, 4.69) is 14.8 Å². The number of fused-ring (bicyclic) bond motifs is 1. The number of aromatic nitrogens is 4. The summed E-state index contributed by atoms with van der Waals surface area (Å²) in [6.45, 7) is 5.04. The highest BCUT2D eigenvalue weighted by atomic mass is 32.2. The fourth-order valence-electron chi connectivity index (χ4n) is 3.88. The summed E-state index contributed by atoms with van der Waals surface area (Å²) >= 11 is 1.36. The van der Waals surface area contributed by atoms with E-state index in [1.54, 1.807) is 12.3 Å². The minimum atomic E-state index is 0.0365. The van der Waals surface area contributed by atoms with Crippen molar-refractivity contribution in [1.29, 1.82) is 0 Å². The van der Waals surface area contributed by atoms with Crippen LogP contribution in [0, 0.1) is 13.8 Å². The number of hydrogen-bond acceptors (Lipinski definition) is 7. The number of hydrogen-bond donors (Lipinski definition) is 0. The number of furan rings is 1. The van der Waals surface area contributed by atoms with E-state index in [4.69, 9.17) is 13.9 Å². The second kappa shape index (κ2) is 8.23. The van der Waals surface area contributed by atoms with Gasteiger partial charge >= 0.3 is 0 Å². The van der Waals surface area contributed by atoms with Crippen LogP contribution in [0.5, 0.6) is 11.5 Å². The van der Waals surface area contributed by atoms with Crippen LogP contribution in [0.2, 0.25) is 0 Å². The Morgan fingerprint density at radius 3 is 2.69 bits per heavy atom. The zero-order valence-electron chi connectivity index (χ0n) is 18.0. The highest BCUT2D eigenvalue weighted by Gasteiger charge is 2.20. The normalized spacial score (nSPS) is 12.8. The van der Waals surface area contributed by atoms with Crippen LogP contribution in [-0.4, -0.2) is 44.1 Å². The average Bonchev–Trinajstić information content (AvgIpc) is 3.51. The summed E-state index contributed by atoms with van der Waals surface area (Å²) in [5, 5.41) is 9.04. The lowest BCUT2D eigenvalue weighted by Gasteiger charge is -2.20. The van der Waals surface area contributed by atoms with Crippen LogP contribution in [0.3, 0.4) is 0 Å². The predicted octanol–water partition coefficient (Wildman–Crippen LogP) is 4.23. The molecule has 0 fully saturated rings. The molecule has 0 N–H and O–H groups in total. The standard InChI is InChI=1S/C23H22N4O4S/c1-14-11-17(15(2)27(14)16-6-7-19-21(12-16)31-10-9-30-19)18(28)13-32-23-25-24-22(26(23)3)20-5-4-8-29-20/h4-8,11-12H,9-10,13H2,1-3H3. The van der Waals surface area contributed by atoms with E-state index in [9.17, 15) is 4.79 Å². The molecule has 5 rings (SSSR count). The molecule has 1 aromatic carbocycles. The maximum atomic E-state index is 13.1. The summed E-state index contributed by atoms with van der Waals surface area (Å²) in [5.74, 6) is 3.03. The number of carbonyl (C=O) groups is 1. The van der Waals surface area contributed by atoms with Crippen molar-refractivity contribution in [1.82, 2.24) is 19.3 Å². The van der Waals surface area contributed by atoms with Gasteiger partial charge in [0.05, 0.1) is 12.0 Å². The van der Waals surface area contributed by atoms with Crippen LogP contribution in [0.4, 0.5) is 0 Å². The van der Waals surface area contributed by atoms with Crippen LogP contribution < -0.4 is 9.47 Å². The van der Waals surface area contributed by atoms with E-state index in [1.807, 2.05) is 55.8 Å². The van der Waals surface area contributed by atoms with Crippen molar-refractivity contribution in [3.05, 3.63) is 59.6 Å². The molecule has 0 unspecified atom stereocenters. The highest BCUT2D eigenvalue weighted by Crippen LogP contribution is 2.34. The zero-order chi connectivity index (χ0) is 22.2. The number of ketones is 1. The largest absolute Gasteiger partial charge is 0.486 e. The number of carbonyl (C=O) groups excluding carboxylic acids is 1. The monoisotopic (exact) mass is 450 g/mol. The number of thioether (sulfide) groups is 1. The summed E-state index contributed by atoms with van der Waals surface area (Å²) in [7, 11) is 1.86. The molecule has 0 spiro atoms. The third-order valence-electron chi connectivity index (χ3n) is 5.42. The molecule has 32 heavy (non-hydrogen) atoms. The fraction of sp³-hybridized carbons (Fsp3) is 0.261. The van der Waals surface area contributed by atoms with E-state index < -0.39 is 0 Å². The molecule has 9 heteroatoms. The molecule has 0 atom stereocenters. The number of ether oxygens (including phenoxy) is 2. The van der Waals surface area contributed by atoms with Crippen LogP contribution in [-0.2, 0) is 7.05 Å². The Kier molecular flexibility index (Phi) is 5.26. The minimum absolute atomic E-state index is 0.0365. The zero-order valence-corrected chi connectivity index (χ0v) is 18.8. The Labute approximate surface area is 189 Å². The van der Waals surface area contributed by atoms with Crippen molar-refractivity contribution in [2.75, 3.05) is 19.0 Å². The summed E-state index contributed by atoms with van der Waals surface area (Å²) in [4.78, 5) is 13.1. The summed E-state index contributed by atoms with van der Waals surface area (Å²) in [5.41, 5.74) is 3.50. The molecule has 8 nitrogen and oxygen atoms in total. The summed E-state index contributed by atoms with van der Waals surface area (Å²) in [6, 6.07) is 11.4. The van der Waals surface area contributed by atoms with Crippen molar-refractivity contribution >= 4 is 17.5 Å². The molecule has 1 aliphatic heterocycles. The van der Waals surface area contributed by atoms with Crippen molar-refractivity contribution < 1.29 is 18.7 Å². The second-order valence-corrected chi connectivity index (χ2v) is 8.45. The van der Waals surface area contributed by atoms with Gasteiger partial charge in [-0.3, -0.25) is 4.79 Å². The van der Waals surface area contributed by atoms with Gasteiger partial charge in [-0.2, -0.15) is 0 Å². The summed E-state index contributed by atoms with van der Waals surface area (Å²) < 4.78 is 20.6. The van der Waals surface area contributed by atoms with Gasteiger partial charge in [0.25, 0.3) is 0 Å². The number of rotatable bonds is 6. The first-order chi connectivity index (χ1) is 15.5. The molecule has 0 saturated heterocycles. The average molecular weight is 451 g/mol. The van der Waals surface area contributed by atoms with E-state index in [0.717, 1.165) is 28.6 Å². The van der Waals surface area contributed by atoms with Gasteiger partial charge in [0.15, 0.2) is 34.0 Å². The molecule has 4 heterocycles. The van der Waals surface area contributed by atoms with Crippen molar-refractivity contribution in [3.8, 4) is 28.8 Å². The molecule has 164 valence electrons. The molecule has 0 bridgehead atoms. The second-order valence-electron chi connectivity index (χ2n) is 7.50. The van der Waals surface area contributed by atoms with Crippen LogP contribution in [0.1, 0.15) is 21.7 Å². The maximum absolute atomic E-state index is 13.1. The van der Waals surface area contributed by atoms with Crippen molar-refractivity contribution in [2.24, 2.45) is 7.05 Å². The Hall–Kier alpha value is -3.46. The van der Waals surface area contributed by atoms with Gasteiger partial charge in [0.1, 0.15) is 13.2 Å². The third kappa shape index (κ3) is 3.58. The Morgan fingerprint density at radius 1 is 1.09 bits per heavy atom. The molecular formula is C23H22N4O4S. The van der Waals surface area contributed by atoms with Crippen LogP contribution in [0.15, 0.2) is 52.2 Å². The van der Waals surface area contributed by atoms with Gasteiger partial charge < -0.3 is 23.0 Å². The third-order valence-corrected chi connectivity index (χ3v) is 6.44. The number of benzene rings is 1. The van der Waals surface area contributed by atoms with E-state index >= 15 is 0 Å². The Morgan fingerprint density at radius 2 is 1.91 bits per heavy atom. The molecule has 0 aliphatic carbocycles. The van der Waals surface area contributed by atoms with E-state index in [0.29, 0.717) is 35.5 Å². The lowest BCUT2D eigenvalue weighted by atomic mass is 10.2. The lowest BCUT2D eigenvalue weighted by Crippen LogP contribution is -2.15. The van der Waals surface area contributed by atoms with Crippen LogP contribution in [0.25, 0.3) is 17.3 Å². The number of Topliss-reactive ketones (excluding diaryl/α,β-unsaturated/α-hetero) is 1. The quantitative estimate of drug-likeness (QED) is 0.321. The Balaban J connectivity index is 1.35. The van der Waals surface area contributed by atoms with Crippen molar-refractivity contribution in [3.63, 3.8) is 0 Å².